The first-order valence-corrected chi connectivity index (χ1v) is 8.39. The highest BCUT2D eigenvalue weighted by atomic mass is 32.1. The molecule has 7 heteroatoms. The van der Waals surface area contributed by atoms with Crippen molar-refractivity contribution in [3.05, 3.63) is 35.0 Å². The van der Waals surface area contributed by atoms with Gasteiger partial charge in [-0.3, -0.25) is 14.0 Å². The summed E-state index contributed by atoms with van der Waals surface area (Å²) in [5.41, 5.74) is 3.76. The maximum absolute atomic E-state index is 12.1. The molecule has 1 atom stereocenters. The number of aromatic nitrogens is 2. The van der Waals surface area contributed by atoms with Crippen LogP contribution in [-0.2, 0) is 4.79 Å². The topological polar surface area (TPSA) is 63.9 Å². The second-order valence-electron chi connectivity index (χ2n) is 5.78. The highest BCUT2D eigenvalue weighted by Crippen LogP contribution is 2.38. The second kappa shape index (κ2) is 5.17. The van der Waals surface area contributed by atoms with Crippen molar-refractivity contribution >= 4 is 34.2 Å². The van der Waals surface area contributed by atoms with Crippen molar-refractivity contribution in [3.63, 3.8) is 0 Å². The summed E-state index contributed by atoms with van der Waals surface area (Å²) in [4.78, 5) is 30.4. The Labute approximate surface area is 142 Å². The van der Waals surface area contributed by atoms with Gasteiger partial charge in [-0.25, -0.2) is 4.98 Å². The van der Waals surface area contributed by atoms with Gasteiger partial charge in [-0.2, -0.15) is 0 Å². The Morgan fingerprint density at radius 2 is 2.17 bits per heavy atom. The third kappa shape index (κ3) is 1.98. The number of aryl methyl sites for hydroxylation is 1. The van der Waals surface area contributed by atoms with E-state index in [2.05, 4.69) is 4.98 Å². The van der Waals surface area contributed by atoms with E-state index < -0.39 is 6.10 Å². The molecule has 0 bridgehead atoms. The largest absolute Gasteiger partial charge is 0.479 e. The van der Waals surface area contributed by atoms with E-state index in [-0.39, 0.29) is 5.91 Å². The molecule has 3 heterocycles. The van der Waals surface area contributed by atoms with Crippen molar-refractivity contribution in [2.75, 3.05) is 11.9 Å². The molecule has 0 fully saturated rings. The molecular formula is C17H15N3O3S. The Morgan fingerprint density at radius 3 is 2.92 bits per heavy atom. The van der Waals surface area contributed by atoms with Crippen LogP contribution in [-0.4, -0.2) is 34.7 Å². The molecule has 24 heavy (non-hydrogen) atoms. The highest BCUT2D eigenvalue weighted by molar-refractivity contribution is 7.15. The van der Waals surface area contributed by atoms with E-state index in [1.54, 1.807) is 18.9 Å². The van der Waals surface area contributed by atoms with Crippen LogP contribution in [0.3, 0.4) is 0 Å². The van der Waals surface area contributed by atoms with E-state index in [0.29, 0.717) is 17.1 Å². The van der Waals surface area contributed by atoms with Crippen LogP contribution in [0.25, 0.3) is 16.2 Å². The lowest BCUT2D eigenvalue weighted by Crippen LogP contribution is -2.41. The fourth-order valence-electron chi connectivity index (χ4n) is 2.99. The predicted molar refractivity (Wildman–Crippen MR) is 92.1 cm³/mol. The first kappa shape index (κ1) is 14.9. The molecular weight excluding hydrogens is 326 g/mol. The molecule has 1 aromatic carbocycles. The molecule has 6 nitrogen and oxygen atoms in total. The first-order valence-electron chi connectivity index (χ1n) is 7.51. The summed E-state index contributed by atoms with van der Waals surface area (Å²) in [6.07, 6.45) is 0.337. The molecule has 1 aliphatic rings. The summed E-state index contributed by atoms with van der Waals surface area (Å²) in [6.45, 7) is 3.56. The average molecular weight is 341 g/mol. The van der Waals surface area contributed by atoms with Crippen molar-refractivity contribution in [2.24, 2.45) is 0 Å². The zero-order valence-corrected chi connectivity index (χ0v) is 14.3. The Balaban J connectivity index is 1.90. The lowest BCUT2D eigenvalue weighted by Gasteiger charge is -2.30. The molecule has 0 radical (unpaired) electrons. The number of aldehydes is 1. The monoisotopic (exact) mass is 341 g/mol. The summed E-state index contributed by atoms with van der Waals surface area (Å²) < 4.78 is 7.51. The van der Waals surface area contributed by atoms with Crippen LogP contribution in [0.1, 0.15) is 23.1 Å². The predicted octanol–water partition coefficient (Wildman–Crippen LogP) is 2.93. The SMILES string of the molecule is Cc1nc2scc(-c3ccc4c(c3)N(C)C(=O)C(C)O4)n2c1C=O. The minimum atomic E-state index is -0.487. The number of nitrogens with zero attached hydrogens (tertiary/aromatic N) is 3. The minimum Gasteiger partial charge on any atom is -0.479 e. The summed E-state index contributed by atoms with van der Waals surface area (Å²) in [6, 6.07) is 5.70. The van der Waals surface area contributed by atoms with Gasteiger partial charge in [0.05, 0.1) is 17.1 Å². The van der Waals surface area contributed by atoms with Crippen LogP contribution in [0.2, 0.25) is 0 Å². The van der Waals surface area contributed by atoms with Crippen LogP contribution >= 0.6 is 11.3 Å². The fraction of sp³-hybridized carbons (Fsp3) is 0.235. The number of fused-ring (bicyclic) bond motifs is 2. The first-order chi connectivity index (χ1) is 11.5. The molecule has 0 saturated heterocycles. The number of hydrogen-bond donors (Lipinski definition) is 0. The molecule has 1 amide bonds. The Hall–Kier alpha value is -2.67. The number of rotatable bonds is 2. The van der Waals surface area contributed by atoms with E-state index in [0.717, 1.165) is 28.2 Å². The van der Waals surface area contributed by atoms with Crippen LogP contribution in [0, 0.1) is 6.92 Å². The lowest BCUT2D eigenvalue weighted by molar-refractivity contribution is -0.125. The van der Waals surface area contributed by atoms with E-state index in [1.165, 1.54) is 11.3 Å². The molecule has 1 unspecified atom stereocenters. The van der Waals surface area contributed by atoms with E-state index in [4.69, 9.17) is 4.74 Å². The number of likely N-dealkylation sites (N-methyl/N-ethyl adjacent to an activating group) is 1. The summed E-state index contributed by atoms with van der Waals surface area (Å²) in [7, 11) is 1.74. The van der Waals surface area contributed by atoms with Crippen molar-refractivity contribution < 1.29 is 14.3 Å². The number of imidazole rings is 1. The highest BCUT2D eigenvalue weighted by Gasteiger charge is 2.29. The molecule has 0 spiro atoms. The van der Waals surface area contributed by atoms with Gasteiger partial charge in [-0.15, -0.1) is 11.3 Å². The van der Waals surface area contributed by atoms with Crippen LogP contribution < -0.4 is 9.64 Å². The van der Waals surface area contributed by atoms with E-state index in [1.807, 2.05) is 34.9 Å². The fourth-order valence-corrected chi connectivity index (χ4v) is 3.94. The van der Waals surface area contributed by atoms with Gasteiger partial charge in [0.25, 0.3) is 5.91 Å². The number of amides is 1. The number of hydrogen-bond acceptors (Lipinski definition) is 5. The zero-order chi connectivity index (χ0) is 17.0. The van der Waals surface area contributed by atoms with Gasteiger partial charge in [-0.05, 0) is 32.0 Å². The molecule has 3 aromatic rings. The van der Waals surface area contributed by atoms with Gasteiger partial charge in [0.2, 0.25) is 0 Å². The van der Waals surface area contributed by atoms with Crippen LogP contribution in [0.5, 0.6) is 5.75 Å². The standard InChI is InChI=1S/C17H15N3O3S/c1-9-13(7-21)20-14(8-24-17(20)18-9)11-4-5-15-12(6-11)19(3)16(22)10(2)23-15/h4-8,10H,1-3H3. The van der Waals surface area contributed by atoms with Gasteiger partial charge in [-0.1, -0.05) is 0 Å². The van der Waals surface area contributed by atoms with Crippen molar-refractivity contribution in [1.82, 2.24) is 9.38 Å². The number of carbonyl (C=O) groups excluding carboxylic acids is 2. The van der Waals surface area contributed by atoms with Gasteiger partial charge in [0.15, 0.2) is 17.4 Å². The molecule has 0 N–H and O–H groups in total. The smallest absolute Gasteiger partial charge is 0.267 e. The lowest BCUT2D eigenvalue weighted by atomic mass is 10.1. The van der Waals surface area contributed by atoms with E-state index >= 15 is 0 Å². The Morgan fingerprint density at radius 1 is 1.38 bits per heavy atom. The maximum Gasteiger partial charge on any atom is 0.267 e. The molecule has 2 aromatic heterocycles. The number of ether oxygens (including phenoxy) is 1. The van der Waals surface area contributed by atoms with Crippen LogP contribution in [0.15, 0.2) is 23.6 Å². The zero-order valence-electron chi connectivity index (χ0n) is 13.4. The van der Waals surface area contributed by atoms with E-state index in [9.17, 15) is 9.59 Å². The quantitative estimate of drug-likeness (QED) is 0.672. The van der Waals surface area contributed by atoms with Crippen LogP contribution in [0.4, 0.5) is 5.69 Å². The summed E-state index contributed by atoms with van der Waals surface area (Å²) in [5, 5.41) is 1.96. The average Bonchev–Trinajstić information content (AvgIpc) is 3.10. The molecule has 0 saturated carbocycles. The second-order valence-corrected chi connectivity index (χ2v) is 6.62. The Bertz CT molecular complexity index is 989. The van der Waals surface area contributed by atoms with Crippen molar-refractivity contribution in [1.29, 1.82) is 0 Å². The number of benzene rings is 1. The normalized spacial score (nSPS) is 17.0. The number of carbonyl (C=O) groups is 2. The van der Waals surface area contributed by atoms with Crippen molar-refractivity contribution in [2.45, 2.75) is 20.0 Å². The Kier molecular flexibility index (Phi) is 3.21. The number of thiazole rings is 1. The number of anilines is 1. The van der Waals surface area contributed by atoms with Gasteiger partial charge >= 0.3 is 0 Å². The molecule has 4 rings (SSSR count). The minimum absolute atomic E-state index is 0.0813. The molecule has 1 aliphatic heterocycles. The van der Waals surface area contributed by atoms with Gasteiger partial charge in [0.1, 0.15) is 11.4 Å². The summed E-state index contributed by atoms with van der Waals surface area (Å²) in [5.74, 6) is 0.597. The van der Waals surface area contributed by atoms with Gasteiger partial charge in [0, 0.05) is 18.0 Å². The maximum atomic E-state index is 12.1. The molecule has 0 aliphatic carbocycles. The van der Waals surface area contributed by atoms with Gasteiger partial charge < -0.3 is 9.64 Å². The summed E-state index contributed by atoms with van der Waals surface area (Å²) >= 11 is 1.48. The third-order valence-electron chi connectivity index (χ3n) is 4.29. The van der Waals surface area contributed by atoms with Crippen molar-refractivity contribution in [3.8, 4) is 17.0 Å². The third-order valence-corrected chi connectivity index (χ3v) is 5.12. The molecule has 122 valence electrons.